The lowest BCUT2D eigenvalue weighted by Gasteiger charge is -2.25. The van der Waals surface area contributed by atoms with Gasteiger partial charge in [0.05, 0.1) is 18.1 Å². The maximum Gasteiger partial charge on any atom is 0.147 e. The number of rotatable bonds is 6. The molecular weight excluding hydrogens is 224 g/mol. The highest BCUT2D eigenvalue weighted by Crippen LogP contribution is 2.35. The average Bonchev–Trinajstić information content (AvgIpc) is 3.19. The second-order valence-corrected chi connectivity index (χ2v) is 5.59. The molecule has 1 atom stereocenters. The van der Waals surface area contributed by atoms with Crippen LogP contribution in [0, 0.1) is 5.92 Å². The van der Waals surface area contributed by atoms with Crippen LogP contribution in [0.4, 0.5) is 5.82 Å². The zero-order valence-electron chi connectivity index (χ0n) is 11.8. The molecule has 4 heteroatoms. The van der Waals surface area contributed by atoms with Gasteiger partial charge in [-0.05, 0) is 25.7 Å². The van der Waals surface area contributed by atoms with E-state index in [0.29, 0.717) is 12.1 Å². The third-order valence-electron chi connectivity index (χ3n) is 3.66. The van der Waals surface area contributed by atoms with E-state index < -0.39 is 0 Å². The lowest BCUT2D eigenvalue weighted by atomic mass is 10.2. The Labute approximate surface area is 110 Å². The Bertz CT molecular complexity index is 370. The van der Waals surface area contributed by atoms with Crippen LogP contribution in [-0.4, -0.2) is 29.1 Å². The van der Waals surface area contributed by atoms with Gasteiger partial charge >= 0.3 is 0 Å². The van der Waals surface area contributed by atoms with Crippen molar-refractivity contribution in [3.05, 3.63) is 18.1 Å². The molecule has 1 N–H and O–H groups in total. The van der Waals surface area contributed by atoms with Crippen LogP contribution in [0.25, 0.3) is 0 Å². The maximum atomic E-state index is 4.51. The molecule has 1 saturated carbocycles. The number of hydrogen-bond donors (Lipinski definition) is 1. The van der Waals surface area contributed by atoms with Crippen molar-refractivity contribution < 1.29 is 0 Å². The van der Waals surface area contributed by atoms with Gasteiger partial charge in [0.25, 0.3) is 0 Å². The van der Waals surface area contributed by atoms with Gasteiger partial charge in [0, 0.05) is 25.7 Å². The number of hydrogen-bond acceptors (Lipinski definition) is 4. The molecule has 1 fully saturated rings. The van der Waals surface area contributed by atoms with Crippen molar-refractivity contribution in [1.29, 1.82) is 0 Å². The zero-order chi connectivity index (χ0) is 13.1. The van der Waals surface area contributed by atoms with Gasteiger partial charge in [-0.2, -0.15) is 0 Å². The fourth-order valence-electron chi connectivity index (χ4n) is 2.03. The first-order chi connectivity index (χ1) is 8.58. The van der Waals surface area contributed by atoms with Crippen LogP contribution in [0.2, 0.25) is 0 Å². The first-order valence-corrected chi connectivity index (χ1v) is 6.85. The van der Waals surface area contributed by atoms with Crippen LogP contribution < -0.4 is 10.2 Å². The van der Waals surface area contributed by atoms with Gasteiger partial charge < -0.3 is 10.2 Å². The van der Waals surface area contributed by atoms with Gasteiger partial charge in [0.15, 0.2) is 0 Å². The van der Waals surface area contributed by atoms with E-state index >= 15 is 0 Å². The molecule has 1 heterocycles. The van der Waals surface area contributed by atoms with E-state index in [0.717, 1.165) is 24.0 Å². The van der Waals surface area contributed by atoms with Crippen LogP contribution in [-0.2, 0) is 6.54 Å². The monoisotopic (exact) mass is 248 g/mol. The Hall–Kier alpha value is -1.16. The number of aromatic nitrogens is 2. The summed E-state index contributed by atoms with van der Waals surface area (Å²) in [7, 11) is 2.11. The largest absolute Gasteiger partial charge is 0.355 e. The summed E-state index contributed by atoms with van der Waals surface area (Å²) in [6, 6.07) is 1.04. The smallest absolute Gasteiger partial charge is 0.147 e. The highest BCUT2D eigenvalue weighted by atomic mass is 15.2. The van der Waals surface area contributed by atoms with E-state index in [1.165, 1.54) is 12.8 Å². The quantitative estimate of drug-likeness (QED) is 0.838. The van der Waals surface area contributed by atoms with E-state index in [1.54, 1.807) is 0 Å². The lowest BCUT2D eigenvalue weighted by molar-refractivity contribution is 0.577. The van der Waals surface area contributed by atoms with Crippen molar-refractivity contribution in [2.45, 2.75) is 52.2 Å². The molecule has 1 aromatic heterocycles. The molecule has 1 aliphatic rings. The van der Waals surface area contributed by atoms with Crippen molar-refractivity contribution >= 4 is 5.82 Å². The van der Waals surface area contributed by atoms with Crippen LogP contribution in [0.3, 0.4) is 0 Å². The van der Waals surface area contributed by atoms with Crippen LogP contribution in [0.5, 0.6) is 0 Å². The van der Waals surface area contributed by atoms with E-state index in [1.807, 2.05) is 12.4 Å². The minimum atomic E-state index is 0.476. The van der Waals surface area contributed by atoms with Crippen molar-refractivity contribution in [3.63, 3.8) is 0 Å². The minimum Gasteiger partial charge on any atom is -0.355 e. The summed E-state index contributed by atoms with van der Waals surface area (Å²) >= 11 is 0. The van der Waals surface area contributed by atoms with Crippen molar-refractivity contribution in [2.75, 3.05) is 11.9 Å². The normalized spacial score (nSPS) is 16.9. The van der Waals surface area contributed by atoms with Gasteiger partial charge in [-0.3, -0.25) is 4.98 Å². The summed E-state index contributed by atoms with van der Waals surface area (Å²) in [4.78, 5) is 11.2. The molecule has 1 unspecified atom stereocenters. The van der Waals surface area contributed by atoms with E-state index in [-0.39, 0.29) is 0 Å². The summed E-state index contributed by atoms with van der Waals surface area (Å²) in [6.45, 7) is 7.32. The first kappa shape index (κ1) is 13.3. The standard InChI is InChI=1S/C14H24N4/c1-10(2)15-7-13-8-17-14(9-16-13)18(4)11(3)12-5-6-12/h8-12,15H,5-7H2,1-4H3. The minimum absolute atomic E-state index is 0.476. The first-order valence-electron chi connectivity index (χ1n) is 6.85. The van der Waals surface area contributed by atoms with Gasteiger partial charge in [-0.15, -0.1) is 0 Å². The molecule has 0 aromatic carbocycles. The summed E-state index contributed by atoms with van der Waals surface area (Å²) in [6.07, 6.45) is 6.47. The van der Waals surface area contributed by atoms with Gasteiger partial charge in [0.1, 0.15) is 5.82 Å². The molecule has 0 radical (unpaired) electrons. The van der Waals surface area contributed by atoms with Gasteiger partial charge in [-0.1, -0.05) is 13.8 Å². The second kappa shape index (κ2) is 5.65. The summed E-state index contributed by atoms with van der Waals surface area (Å²) in [5.41, 5.74) is 1.000. The van der Waals surface area contributed by atoms with Crippen molar-refractivity contribution in [3.8, 4) is 0 Å². The molecule has 1 aromatic rings. The summed E-state index contributed by atoms with van der Waals surface area (Å²) in [5.74, 6) is 1.82. The molecule has 0 saturated heterocycles. The predicted octanol–water partition coefficient (Wildman–Crippen LogP) is 2.21. The topological polar surface area (TPSA) is 41.1 Å². The Morgan fingerprint density at radius 2 is 2.00 bits per heavy atom. The zero-order valence-corrected chi connectivity index (χ0v) is 11.8. The highest BCUT2D eigenvalue weighted by molar-refractivity contribution is 5.36. The van der Waals surface area contributed by atoms with Crippen LogP contribution >= 0.6 is 0 Å². The molecule has 18 heavy (non-hydrogen) atoms. The van der Waals surface area contributed by atoms with Gasteiger partial charge in [-0.25, -0.2) is 4.98 Å². The van der Waals surface area contributed by atoms with Crippen molar-refractivity contribution in [2.24, 2.45) is 5.92 Å². The average molecular weight is 248 g/mol. The number of anilines is 1. The van der Waals surface area contributed by atoms with Crippen molar-refractivity contribution in [1.82, 2.24) is 15.3 Å². The number of nitrogens with one attached hydrogen (secondary N) is 1. The molecule has 100 valence electrons. The second-order valence-electron chi connectivity index (χ2n) is 5.59. The Morgan fingerprint density at radius 3 is 2.50 bits per heavy atom. The molecule has 4 nitrogen and oxygen atoms in total. The molecule has 0 aliphatic heterocycles. The van der Waals surface area contributed by atoms with Crippen LogP contribution in [0.1, 0.15) is 39.3 Å². The molecule has 2 rings (SSSR count). The Morgan fingerprint density at radius 1 is 1.28 bits per heavy atom. The molecular formula is C14H24N4. The lowest BCUT2D eigenvalue weighted by Crippen LogP contribution is -2.31. The third kappa shape index (κ3) is 3.42. The van der Waals surface area contributed by atoms with E-state index in [2.05, 4.69) is 48.0 Å². The predicted molar refractivity (Wildman–Crippen MR) is 74.6 cm³/mol. The number of nitrogens with zero attached hydrogens (tertiary/aromatic N) is 3. The molecule has 1 aliphatic carbocycles. The fourth-order valence-corrected chi connectivity index (χ4v) is 2.03. The maximum absolute atomic E-state index is 4.51. The highest BCUT2D eigenvalue weighted by Gasteiger charge is 2.31. The SMILES string of the molecule is CC(C)NCc1cnc(N(C)C(C)C2CC2)cn1. The molecule has 0 amide bonds. The third-order valence-corrected chi connectivity index (χ3v) is 3.66. The summed E-state index contributed by atoms with van der Waals surface area (Å²) in [5, 5.41) is 3.35. The fraction of sp³-hybridized carbons (Fsp3) is 0.714. The Kier molecular flexibility index (Phi) is 4.17. The van der Waals surface area contributed by atoms with E-state index in [4.69, 9.17) is 0 Å². The van der Waals surface area contributed by atoms with Gasteiger partial charge in [0.2, 0.25) is 0 Å². The molecule has 0 spiro atoms. The summed E-state index contributed by atoms with van der Waals surface area (Å²) < 4.78 is 0. The van der Waals surface area contributed by atoms with E-state index in [9.17, 15) is 0 Å². The Balaban J connectivity index is 1.93. The molecule has 0 bridgehead atoms. The van der Waals surface area contributed by atoms with Crippen LogP contribution in [0.15, 0.2) is 12.4 Å².